The molecular formula is C21H24N4O2. The molecule has 6 heteroatoms. The van der Waals surface area contributed by atoms with Crippen LogP contribution in [-0.2, 0) is 6.54 Å². The van der Waals surface area contributed by atoms with Crippen molar-refractivity contribution in [1.29, 1.82) is 0 Å². The Morgan fingerprint density at radius 2 is 1.93 bits per heavy atom. The van der Waals surface area contributed by atoms with Gasteiger partial charge in [0.15, 0.2) is 0 Å². The zero-order valence-corrected chi connectivity index (χ0v) is 15.8. The number of hydrogen-bond acceptors (Lipinski definition) is 4. The van der Waals surface area contributed by atoms with Gasteiger partial charge in [0.1, 0.15) is 0 Å². The number of carbonyl (C=O) groups excluding carboxylic acids is 1. The highest BCUT2D eigenvalue weighted by molar-refractivity contribution is 5.94. The molecule has 2 aromatic heterocycles. The topological polar surface area (TPSA) is 80.0 Å². The summed E-state index contributed by atoms with van der Waals surface area (Å²) in [5, 5.41) is 12.6. The van der Waals surface area contributed by atoms with Crippen molar-refractivity contribution in [3.8, 4) is 11.3 Å². The van der Waals surface area contributed by atoms with Crippen molar-refractivity contribution in [2.24, 2.45) is 0 Å². The van der Waals surface area contributed by atoms with Gasteiger partial charge in [-0.05, 0) is 45.0 Å². The molecule has 6 nitrogen and oxygen atoms in total. The molecule has 2 heterocycles. The molecule has 3 rings (SSSR count). The minimum atomic E-state index is -0.613. The van der Waals surface area contributed by atoms with E-state index in [9.17, 15) is 9.90 Å². The first kappa shape index (κ1) is 18.8. The average molecular weight is 364 g/mol. The summed E-state index contributed by atoms with van der Waals surface area (Å²) < 4.78 is 2.03. The minimum absolute atomic E-state index is 0.110. The molecule has 0 bridgehead atoms. The van der Waals surface area contributed by atoms with Gasteiger partial charge < -0.3 is 15.0 Å². The normalized spacial score (nSPS) is 12.0. The molecule has 0 radical (unpaired) electrons. The van der Waals surface area contributed by atoms with Crippen LogP contribution in [-0.4, -0.2) is 32.1 Å². The highest BCUT2D eigenvalue weighted by Gasteiger charge is 2.09. The fraction of sp³-hybridized carbons (Fsp3) is 0.286. The van der Waals surface area contributed by atoms with Crippen LogP contribution in [0.4, 0.5) is 0 Å². The number of aromatic nitrogens is 3. The van der Waals surface area contributed by atoms with Gasteiger partial charge in [0.25, 0.3) is 5.91 Å². The molecule has 140 valence electrons. The molecule has 1 aromatic carbocycles. The molecule has 27 heavy (non-hydrogen) atoms. The number of hydrogen-bond donors (Lipinski definition) is 2. The zero-order chi connectivity index (χ0) is 19.4. The molecule has 1 unspecified atom stereocenters. The first-order valence-corrected chi connectivity index (χ1v) is 8.97. The Labute approximate surface area is 158 Å². The molecular weight excluding hydrogens is 340 g/mol. The molecule has 3 aromatic rings. The fourth-order valence-corrected chi connectivity index (χ4v) is 2.80. The largest absolute Gasteiger partial charge is 0.387 e. The van der Waals surface area contributed by atoms with Gasteiger partial charge in [-0.15, -0.1) is 0 Å². The summed E-state index contributed by atoms with van der Waals surface area (Å²) in [6.07, 6.45) is 1.18. The maximum Gasteiger partial charge on any atom is 0.251 e. The molecule has 0 aliphatic heterocycles. The smallest absolute Gasteiger partial charge is 0.251 e. The van der Waals surface area contributed by atoms with E-state index in [1.54, 1.807) is 31.5 Å². The molecule has 0 spiro atoms. The van der Waals surface area contributed by atoms with E-state index >= 15 is 0 Å². The first-order chi connectivity index (χ1) is 13.0. The monoisotopic (exact) mass is 364 g/mol. The lowest BCUT2D eigenvalue weighted by Crippen LogP contribution is -2.27. The third-order valence-electron chi connectivity index (χ3n) is 4.62. The van der Waals surface area contributed by atoms with Crippen molar-refractivity contribution >= 4 is 5.91 Å². The van der Waals surface area contributed by atoms with Gasteiger partial charge in [0, 0.05) is 29.9 Å². The molecule has 2 N–H and O–H groups in total. The third kappa shape index (κ3) is 4.41. The van der Waals surface area contributed by atoms with E-state index in [1.165, 1.54) is 0 Å². The Hall–Kier alpha value is -2.99. The maximum atomic E-state index is 12.3. The van der Waals surface area contributed by atoms with Crippen LogP contribution < -0.4 is 5.32 Å². The number of imidazole rings is 1. The van der Waals surface area contributed by atoms with Gasteiger partial charge in [0.05, 0.1) is 29.5 Å². The summed E-state index contributed by atoms with van der Waals surface area (Å²) in [6, 6.07) is 12.8. The summed E-state index contributed by atoms with van der Waals surface area (Å²) in [7, 11) is 0. The molecule has 1 amide bonds. The highest BCUT2D eigenvalue weighted by atomic mass is 16.3. The predicted molar refractivity (Wildman–Crippen MR) is 104 cm³/mol. The number of aliphatic hydroxyl groups excluding tert-OH is 1. The van der Waals surface area contributed by atoms with Crippen LogP contribution in [0.15, 0.2) is 48.8 Å². The van der Waals surface area contributed by atoms with Crippen LogP contribution in [0.3, 0.4) is 0 Å². The van der Waals surface area contributed by atoms with Crippen molar-refractivity contribution in [2.75, 3.05) is 6.54 Å². The van der Waals surface area contributed by atoms with Crippen LogP contribution in [0.1, 0.15) is 40.5 Å². The second kappa shape index (κ2) is 8.14. The summed E-state index contributed by atoms with van der Waals surface area (Å²) in [5.41, 5.74) is 5.01. The number of rotatable bonds is 6. The Bertz CT molecular complexity index is 930. The zero-order valence-electron chi connectivity index (χ0n) is 15.8. The number of aliphatic hydroxyl groups is 1. The van der Waals surface area contributed by atoms with Gasteiger partial charge in [-0.2, -0.15) is 0 Å². The first-order valence-electron chi connectivity index (χ1n) is 8.97. The van der Waals surface area contributed by atoms with E-state index in [-0.39, 0.29) is 5.91 Å². The van der Waals surface area contributed by atoms with Crippen LogP contribution in [0.5, 0.6) is 0 Å². The Kier molecular flexibility index (Phi) is 5.66. The average Bonchev–Trinajstić information content (AvgIpc) is 3.00. The number of nitrogens with zero attached hydrogens (tertiary/aromatic N) is 3. The molecule has 0 fully saturated rings. The van der Waals surface area contributed by atoms with Crippen LogP contribution in [0.25, 0.3) is 11.3 Å². The molecule has 1 atom stereocenters. The molecule has 0 aliphatic carbocycles. The molecule has 0 saturated carbocycles. The Balaban J connectivity index is 1.62. The summed E-state index contributed by atoms with van der Waals surface area (Å²) in [6.45, 7) is 6.90. The van der Waals surface area contributed by atoms with Crippen LogP contribution in [0.2, 0.25) is 0 Å². The number of amides is 1. The van der Waals surface area contributed by atoms with Crippen molar-refractivity contribution in [3.05, 3.63) is 71.4 Å². The number of carbonyl (C=O) groups is 1. The third-order valence-corrected chi connectivity index (χ3v) is 4.62. The van der Waals surface area contributed by atoms with E-state index in [0.717, 1.165) is 22.6 Å². The second-order valence-electron chi connectivity index (χ2n) is 6.57. The molecule has 0 aliphatic rings. The van der Waals surface area contributed by atoms with Gasteiger partial charge in [0.2, 0.25) is 0 Å². The van der Waals surface area contributed by atoms with Crippen LogP contribution >= 0.6 is 0 Å². The van der Waals surface area contributed by atoms with Crippen molar-refractivity contribution in [1.82, 2.24) is 19.9 Å². The lowest BCUT2D eigenvalue weighted by molar-refractivity contribution is 0.0952. The second-order valence-corrected chi connectivity index (χ2v) is 6.57. The lowest BCUT2D eigenvalue weighted by atomic mass is 10.1. The Morgan fingerprint density at radius 1 is 1.19 bits per heavy atom. The summed E-state index contributed by atoms with van der Waals surface area (Å²) in [4.78, 5) is 21.0. The quantitative estimate of drug-likeness (QED) is 0.704. The number of aryl methyl sites for hydroxylation is 1. The molecule has 0 saturated heterocycles. The fourth-order valence-electron chi connectivity index (χ4n) is 2.80. The van der Waals surface area contributed by atoms with E-state index in [0.29, 0.717) is 24.3 Å². The van der Waals surface area contributed by atoms with E-state index in [1.807, 2.05) is 42.7 Å². The van der Waals surface area contributed by atoms with Gasteiger partial charge >= 0.3 is 0 Å². The number of pyridine rings is 1. The number of benzene rings is 1. The SMILES string of the molecule is Cc1ncn(CCNC(=O)c2ccc(-c3cccc(C(C)O)n3)cc2)c1C. The standard InChI is InChI=1S/C21H24N4O2/c1-14-15(2)25(13-23-14)12-11-22-21(27)18-9-7-17(8-10-18)20-6-4-5-19(24-20)16(3)26/h4-10,13,16,26H,11-12H2,1-3H3,(H,22,27). The van der Waals surface area contributed by atoms with Gasteiger partial charge in [-0.3, -0.25) is 9.78 Å². The lowest BCUT2D eigenvalue weighted by Gasteiger charge is -2.09. The van der Waals surface area contributed by atoms with Crippen molar-refractivity contribution in [2.45, 2.75) is 33.4 Å². The Morgan fingerprint density at radius 3 is 2.56 bits per heavy atom. The van der Waals surface area contributed by atoms with E-state index < -0.39 is 6.10 Å². The maximum absolute atomic E-state index is 12.3. The van der Waals surface area contributed by atoms with Crippen molar-refractivity contribution < 1.29 is 9.90 Å². The van der Waals surface area contributed by atoms with Crippen molar-refractivity contribution in [3.63, 3.8) is 0 Å². The van der Waals surface area contributed by atoms with E-state index in [4.69, 9.17) is 0 Å². The minimum Gasteiger partial charge on any atom is -0.387 e. The number of nitrogens with one attached hydrogen (secondary N) is 1. The summed E-state index contributed by atoms with van der Waals surface area (Å²) in [5.74, 6) is -0.110. The van der Waals surface area contributed by atoms with Gasteiger partial charge in [-0.1, -0.05) is 18.2 Å². The predicted octanol–water partition coefficient (Wildman–Crippen LogP) is 3.05. The van der Waals surface area contributed by atoms with E-state index in [2.05, 4.69) is 15.3 Å². The summed E-state index contributed by atoms with van der Waals surface area (Å²) >= 11 is 0. The van der Waals surface area contributed by atoms with Gasteiger partial charge in [-0.25, -0.2) is 4.98 Å². The highest BCUT2D eigenvalue weighted by Crippen LogP contribution is 2.20. The van der Waals surface area contributed by atoms with Crippen LogP contribution in [0, 0.1) is 13.8 Å².